The van der Waals surface area contributed by atoms with E-state index in [2.05, 4.69) is 18.8 Å². The van der Waals surface area contributed by atoms with E-state index < -0.39 is 42.1 Å². The third kappa shape index (κ3) is 5.93. The Morgan fingerprint density at radius 2 is 1.77 bits per heavy atom. The molecule has 0 saturated carbocycles. The largest absolute Gasteiger partial charge is 0.436 e. The first-order valence-electron chi connectivity index (χ1n) is 11.4. The number of benzene rings is 1. The van der Waals surface area contributed by atoms with Crippen LogP contribution in [-0.2, 0) is 26.9 Å². The van der Waals surface area contributed by atoms with Crippen LogP contribution in [-0.4, -0.2) is 48.0 Å². The van der Waals surface area contributed by atoms with E-state index in [1.165, 1.54) is 11.9 Å². The van der Waals surface area contributed by atoms with E-state index in [1.54, 1.807) is 13.8 Å². The Morgan fingerprint density at radius 3 is 2.34 bits per heavy atom. The van der Waals surface area contributed by atoms with Gasteiger partial charge in [-0.15, -0.1) is 0 Å². The number of urea groups is 1. The van der Waals surface area contributed by atoms with Gasteiger partial charge in [-0.2, -0.15) is 13.2 Å². The SMILES string of the molecule is CCOC1C(OC(=O)C(C)c2ccc(CC(C)C)cc2)N(c2cc(C(F)(F)F)ccn2)C(=O)N1C. The monoisotopic (exact) mass is 493 g/mol. The maximum atomic E-state index is 13.3. The number of pyridine rings is 1. The van der Waals surface area contributed by atoms with Crippen molar-refractivity contribution in [3.8, 4) is 0 Å². The maximum absolute atomic E-state index is 13.3. The number of esters is 1. The van der Waals surface area contributed by atoms with Crippen molar-refractivity contribution in [2.24, 2.45) is 5.92 Å². The van der Waals surface area contributed by atoms with Crippen molar-refractivity contribution in [2.75, 3.05) is 18.6 Å². The summed E-state index contributed by atoms with van der Waals surface area (Å²) in [4.78, 5) is 32.1. The summed E-state index contributed by atoms with van der Waals surface area (Å²) in [7, 11) is 1.42. The molecule has 3 unspecified atom stereocenters. The van der Waals surface area contributed by atoms with Gasteiger partial charge >= 0.3 is 18.2 Å². The molecule has 2 heterocycles. The number of amides is 2. The number of aromatic nitrogens is 1. The molecule has 1 fully saturated rings. The Kier molecular flexibility index (Phi) is 8.04. The molecule has 1 aliphatic heterocycles. The van der Waals surface area contributed by atoms with Crippen molar-refractivity contribution in [3.05, 3.63) is 59.3 Å². The lowest BCUT2D eigenvalue weighted by atomic mass is 9.97. The molecule has 0 aliphatic carbocycles. The lowest BCUT2D eigenvalue weighted by molar-refractivity contribution is -0.161. The van der Waals surface area contributed by atoms with Gasteiger partial charge in [-0.3, -0.25) is 9.69 Å². The highest BCUT2D eigenvalue weighted by molar-refractivity contribution is 5.94. The molecule has 1 aromatic carbocycles. The fraction of sp³-hybridized carbons (Fsp3) is 0.480. The summed E-state index contributed by atoms with van der Waals surface area (Å²) >= 11 is 0. The average Bonchev–Trinajstić information content (AvgIpc) is 3.02. The second kappa shape index (κ2) is 10.6. The number of alkyl halides is 3. The van der Waals surface area contributed by atoms with Crippen molar-refractivity contribution in [2.45, 2.75) is 58.7 Å². The molecular formula is C25H30F3N3O4. The Morgan fingerprint density at radius 1 is 1.11 bits per heavy atom. The molecule has 7 nitrogen and oxygen atoms in total. The molecule has 0 radical (unpaired) electrons. The number of anilines is 1. The molecule has 35 heavy (non-hydrogen) atoms. The summed E-state index contributed by atoms with van der Waals surface area (Å²) < 4.78 is 51.1. The summed E-state index contributed by atoms with van der Waals surface area (Å²) in [5, 5.41) is 0. The van der Waals surface area contributed by atoms with Gasteiger partial charge < -0.3 is 9.47 Å². The summed E-state index contributed by atoms with van der Waals surface area (Å²) in [6.45, 7) is 7.79. The second-order valence-electron chi connectivity index (χ2n) is 8.90. The quantitative estimate of drug-likeness (QED) is 0.473. The maximum Gasteiger partial charge on any atom is 0.416 e. The van der Waals surface area contributed by atoms with Crippen LogP contribution in [0.25, 0.3) is 0 Å². The predicted molar refractivity (Wildman–Crippen MR) is 124 cm³/mol. The number of carbonyl (C=O) groups excluding carboxylic acids is 2. The molecule has 1 saturated heterocycles. The van der Waals surface area contributed by atoms with Crippen LogP contribution in [0.4, 0.5) is 23.8 Å². The summed E-state index contributed by atoms with van der Waals surface area (Å²) in [5.41, 5.74) is 0.889. The fourth-order valence-corrected chi connectivity index (χ4v) is 3.91. The van der Waals surface area contributed by atoms with Crippen molar-refractivity contribution in [3.63, 3.8) is 0 Å². The van der Waals surface area contributed by atoms with Crippen molar-refractivity contribution in [1.29, 1.82) is 0 Å². The number of halogens is 3. The van der Waals surface area contributed by atoms with Gasteiger partial charge in [0.2, 0.25) is 6.23 Å². The van der Waals surface area contributed by atoms with Gasteiger partial charge in [0.1, 0.15) is 5.82 Å². The lowest BCUT2D eigenvalue weighted by Crippen LogP contribution is -2.43. The number of hydrogen-bond acceptors (Lipinski definition) is 5. The zero-order valence-electron chi connectivity index (χ0n) is 20.4. The molecule has 1 aromatic heterocycles. The minimum atomic E-state index is -4.63. The smallest absolute Gasteiger partial charge is 0.416 e. The molecule has 0 N–H and O–H groups in total. The van der Waals surface area contributed by atoms with Crippen LogP contribution in [0.5, 0.6) is 0 Å². The van der Waals surface area contributed by atoms with Gasteiger partial charge in [-0.25, -0.2) is 14.7 Å². The van der Waals surface area contributed by atoms with Crippen LogP contribution in [0.15, 0.2) is 42.6 Å². The van der Waals surface area contributed by atoms with E-state index in [9.17, 15) is 22.8 Å². The highest BCUT2D eigenvalue weighted by Crippen LogP contribution is 2.34. The van der Waals surface area contributed by atoms with Crippen LogP contribution in [0.2, 0.25) is 0 Å². The standard InChI is InChI=1S/C25H30F3N3O4/c1-6-34-21-22(35-23(32)16(4)18-9-7-17(8-10-18)13-15(2)3)31(24(33)30(21)5)20-14-19(11-12-29-20)25(26,27)28/h7-12,14-16,21-22H,6,13H2,1-5H3. The molecule has 3 rings (SSSR count). The van der Waals surface area contributed by atoms with Gasteiger partial charge in [-0.1, -0.05) is 38.1 Å². The third-order valence-corrected chi connectivity index (χ3v) is 5.76. The summed E-state index contributed by atoms with van der Waals surface area (Å²) in [5.74, 6) is -1.12. The minimum Gasteiger partial charge on any atom is -0.436 e. The van der Waals surface area contributed by atoms with E-state index in [1.807, 2.05) is 24.3 Å². The van der Waals surface area contributed by atoms with Crippen LogP contribution >= 0.6 is 0 Å². The highest BCUT2D eigenvalue weighted by Gasteiger charge is 2.49. The average molecular weight is 494 g/mol. The molecule has 0 bridgehead atoms. The van der Waals surface area contributed by atoms with Crippen LogP contribution in [0, 0.1) is 5.92 Å². The van der Waals surface area contributed by atoms with E-state index in [-0.39, 0.29) is 12.4 Å². The van der Waals surface area contributed by atoms with Gasteiger partial charge in [0.05, 0.1) is 11.5 Å². The number of nitrogens with zero attached hydrogens (tertiary/aromatic N) is 3. The predicted octanol–water partition coefficient (Wildman–Crippen LogP) is 5.21. The number of hydrogen-bond donors (Lipinski definition) is 0. The topological polar surface area (TPSA) is 72.0 Å². The van der Waals surface area contributed by atoms with Crippen LogP contribution in [0.3, 0.4) is 0 Å². The normalized spacial score (nSPS) is 19.4. The fourth-order valence-electron chi connectivity index (χ4n) is 3.91. The molecule has 2 aromatic rings. The van der Waals surface area contributed by atoms with Gasteiger partial charge in [0.25, 0.3) is 0 Å². The number of rotatable bonds is 8. The van der Waals surface area contributed by atoms with Gasteiger partial charge in [0, 0.05) is 19.9 Å². The van der Waals surface area contributed by atoms with Crippen LogP contribution in [0.1, 0.15) is 50.3 Å². The lowest BCUT2D eigenvalue weighted by Gasteiger charge is -2.27. The van der Waals surface area contributed by atoms with Crippen molar-refractivity contribution < 1.29 is 32.2 Å². The first-order valence-corrected chi connectivity index (χ1v) is 11.4. The first kappa shape index (κ1) is 26.5. The summed E-state index contributed by atoms with van der Waals surface area (Å²) in [6.07, 6.45) is -5.11. The van der Waals surface area contributed by atoms with E-state index in [0.717, 1.165) is 40.8 Å². The van der Waals surface area contributed by atoms with Crippen molar-refractivity contribution >= 4 is 17.8 Å². The zero-order chi connectivity index (χ0) is 25.9. The molecule has 2 amide bonds. The zero-order valence-corrected chi connectivity index (χ0v) is 20.4. The van der Waals surface area contributed by atoms with E-state index >= 15 is 0 Å². The highest BCUT2D eigenvalue weighted by atomic mass is 19.4. The first-order chi connectivity index (χ1) is 16.4. The van der Waals surface area contributed by atoms with Crippen molar-refractivity contribution in [1.82, 2.24) is 9.88 Å². The third-order valence-electron chi connectivity index (χ3n) is 5.76. The molecule has 10 heteroatoms. The number of ether oxygens (including phenoxy) is 2. The Bertz CT molecular complexity index is 1040. The minimum absolute atomic E-state index is 0.188. The number of likely N-dealkylation sites (N-methyl/N-ethyl adjacent to an activating group) is 1. The number of carbonyl (C=O) groups is 2. The van der Waals surface area contributed by atoms with Crippen LogP contribution < -0.4 is 4.90 Å². The van der Waals surface area contributed by atoms with E-state index in [0.29, 0.717) is 5.92 Å². The Hall–Kier alpha value is -3.14. The Balaban J connectivity index is 1.88. The molecule has 0 spiro atoms. The molecule has 190 valence electrons. The van der Waals surface area contributed by atoms with E-state index in [4.69, 9.17) is 9.47 Å². The molecular weight excluding hydrogens is 463 g/mol. The summed E-state index contributed by atoms with van der Waals surface area (Å²) in [6, 6.07) is 8.46. The van der Waals surface area contributed by atoms with Gasteiger partial charge in [0.15, 0.2) is 6.23 Å². The van der Waals surface area contributed by atoms with Gasteiger partial charge in [-0.05, 0) is 49.4 Å². The molecule has 3 atom stereocenters. The second-order valence-corrected chi connectivity index (χ2v) is 8.90. The Labute approximate surface area is 202 Å². The molecule has 1 aliphatic rings.